The Morgan fingerprint density at radius 1 is 1.21 bits per heavy atom. The molecule has 0 aromatic carbocycles. The number of nitrogens with one attached hydrogen (secondary N) is 2. The first-order valence-corrected chi connectivity index (χ1v) is 12.0. The molecular formula is C20H33N5O3S. The number of nitrogens with zero attached hydrogens (tertiary/aromatic N) is 3. The third kappa shape index (κ3) is 6.38. The van der Waals surface area contributed by atoms with E-state index >= 15 is 0 Å². The molecule has 0 saturated carbocycles. The fourth-order valence-corrected chi connectivity index (χ4v) is 4.89. The van der Waals surface area contributed by atoms with E-state index in [0.29, 0.717) is 31.7 Å². The van der Waals surface area contributed by atoms with E-state index in [1.807, 2.05) is 0 Å². The maximum absolute atomic E-state index is 12.4. The topological polar surface area (TPSA) is 94.6 Å². The van der Waals surface area contributed by atoms with Crippen LogP contribution in [0.4, 0.5) is 5.82 Å². The summed E-state index contributed by atoms with van der Waals surface area (Å²) in [4.78, 5) is 20.1. The van der Waals surface area contributed by atoms with Crippen LogP contribution >= 0.6 is 0 Å². The number of sulfonamides is 1. The van der Waals surface area contributed by atoms with Gasteiger partial charge in [0.25, 0.3) is 0 Å². The van der Waals surface area contributed by atoms with E-state index < -0.39 is 10.0 Å². The molecule has 2 saturated heterocycles. The zero-order valence-corrected chi connectivity index (χ0v) is 18.2. The maximum Gasteiger partial charge on any atom is 0.242 e. The van der Waals surface area contributed by atoms with Crippen molar-refractivity contribution in [3.63, 3.8) is 0 Å². The average Bonchev–Trinajstić information content (AvgIpc) is 3.01. The minimum atomic E-state index is -3.59. The Labute approximate surface area is 174 Å². The fourth-order valence-electron chi connectivity index (χ4n) is 3.90. The number of hydrogen-bond donors (Lipinski definition) is 2. The average molecular weight is 424 g/mol. The third-order valence-corrected chi connectivity index (χ3v) is 7.37. The Balaban J connectivity index is 1.40. The molecule has 1 amide bonds. The molecule has 0 aliphatic carbocycles. The second kappa shape index (κ2) is 9.86. The van der Waals surface area contributed by atoms with Crippen LogP contribution in [0.2, 0.25) is 0 Å². The lowest BCUT2D eigenvalue weighted by Crippen LogP contribution is -2.36. The lowest BCUT2D eigenvalue weighted by Gasteiger charge is -2.30. The molecule has 162 valence electrons. The summed E-state index contributed by atoms with van der Waals surface area (Å²) in [6.07, 6.45) is 5.05. The van der Waals surface area contributed by atoms with E-state index in [9.17, 15) is 13.2 Å². The molecule has 0 bridgehead atoms. The molecule has 1 aromatic rings. The zero-order chi connectivity index (χ0) is 20.9. The van der Waals surface area contributed by atoms with E-state index in [4.69, 9.17) is 0 Å². The van der Waals surface area contributed by atoms with Gasteiger partial charge in [0.1, 0.15) is 10.7 Å². The lowest BCUT2D eigenvalue weighted by molar-refractivity contribution is -0.126. The van der Waals surface area contributed by atoms with Crippen LogP contribution < -0.4 is 10.0 Å². The molecule has 29 heavy (non-hydrogen) atoms. The first-order chi connectivity index (χ1) is 13.8. The van der Waals surface area contributed by atoms with E-state index in [1.165, 1.54) is 19.0 Å². The van der Waals surface area contributed by atoms with Crippen LogP contribution in [0.25, 0.3) is 0 Å². The summed E-state index contributed by atoms with van der Waals surface area (Å²) in [5, 5.41) is 3.27. The molecule has 1 unspecified atom stereocenters. The highest BCUT2D eigenvalue weighted by Crippen LogP contribution is 2.19. The molecule has 1 aromatic heterocycles. The van der Waals surface area contributed by atoms with Gasteiger partial charge in [-0.05, 0) is 56.3 Å². The summed E-state index contributed by atoms with van der Waals surface area (Å²) in [6, 6.07) is 3.28. The first kappa shape index (κ1) is 22.0. The van der Waals surface area contributed by atoms with Crippen molar-refractivity contribution in [1.29, 1.82) is 0 Å². The Morgan fingerprint density at radius 3 is 2.59 bits per heavy atom. The van der Waals surface area contributed by atoms with E-state index in [1.54, 1.807) is 24.1 Å². The highest BCUT2D eigenvalue weighted by atomic mass is 32.2. The second-order valence-corrected chi connectivity index (χ2v) is 10.1. The van der Waals surface area contributed by atoms with Gasteiger partial charge < -0.3 is 15.1 Å². The number of aromatic nitrogens is 1. The van der Waals surface area contributed by atoms with Gasteiger partial charge in [-0.3, -0.25) is 4.79 Å². The molecular weight excluding hydrogens is 390 g/mol. The van der Waals surface area contributed by atoms with Crippen LogP contribution in [-0.4, -0.2) is 75.4 Å². The number of anilines is 1. The maximum atomic E-state index is 12.4. The monoisotopic (exact) mass is 423 g/mol. The quantitative estimate of drug-likeness (QED) is 0.623. The van der Waals surface area contributed by atoms with Crippen molar-refractivity contribution in [2.75, 3.05) is 51.6 Å². The van der Waals surface area contributed by atoms with Gasteiger partial charge in [-0.25, -0.2) is 18.1 Å². The van der Waals surface area contributed by atoms with Crippen LogP contribution in [0.3, 0.4) is 0 Å². The SMILES string of the molecule is CC1CCN(CCNc2ccc(S(=O)(=O)NCCC3CC(=O)N(C)C3)cn2)CC1. The van der Waals surface area contributed by atoms with Gasteiger partial charge in [-0.2, -0.15) is 0 Å². The summed E-state index contributed by atoms with van der Waals surface area (Å²) in [5.41, 5.74) is 0. The second-order valence-electron chi connectivity index (χ2n) is 8.36. The van der Waals surface area contributed by atoms with Crippen LogP contribution in [0.15, 0.2) is 23.2 Å². The fraction of sp³-hybridized carbons (Fsp3) is 0.700. The van der Waals surface area contributed by atoms with Crippen LogP contribution in [0, 0.1) is 11.8 Å². The summed E-state index contributed by atoms with van der Waals surface area (Å²) < 4.78 is 27.5. The summed E-state index contributed by atoms with van der Waals surface area (Å²) >= 11 is 0. The Morgan fingerprint density at radius 2 is 1.97 bits per heavy atom. The van der Waals surface area contributed by atoms with Gasteiger partial charge in [-0.1, -0.05) is 6.92 Å². The molecule has 2 aliphatic rings. The summed E-state index contributed by atoms with van der Waals surface area (Å²) in [5.74, 6) is 1.84. The van der Waals surface area contributed by atoms with Gasteiger partial charge >= 0.3 is 0 Å². The normalized spacial score (nSPS) is 21.7. The largest absolute Gasteiger partial charge is 0.369 e. The number of rotatable bonds is 9. The Kier molecular flexibility index (Phi) is 7.48. The molecule has 9 heteroatoms. The molecule has 8 nitrogen and oxygen atoms in total. The van der Waals surface area contributed by atoms with Crippen molar-refractivity contribution >= 4 is 21.7 Å². The van der Waals surface area contributed by atoms with Crippen LogP contribution in [0.5, 0.6) is 0 Å². The number of hydrogen-bond acceptors (Lipinski definition) is 6. The molecule has 0 radical (unpaired) electrons. The molecule has 0 spiro atoms. The van der Waals surface area contributed by atoms with E-state index in [0.717, 1.165) is 32.1 Å². The molecule has 3 heterocycles. The van der Waals surface area contributed by atoms with Gasteiger partial charge in [0.15, 0.2) is 0 Å². The number of amides is 1. The lowest BCUT2D eigenvalue weighted by atomic mass is 9.99. The minimum absolute atomic E-state index is 0.125. The van der Waals surface area contributed by atoms with Crippen molar-refractivity contribution in [1.82, 2.24) is 19.5 Å². The Hall–Kier alpha value is -1.71. The molecule has 2 fully saturated rings. The summed E-state index contributed by atoms with van der Waals surface area (Å²) in [7, 11) is -1.81. The van der Waals surface area contributed by atoms with Crippen LogP contribution in [-0.2, 0) is 14.8 Å². The number of carbonyl (C=O) groups is 1. The standard InChI is InChI=1S/C20H33N5O3S/c1-16-6-10-25(11-7-16)12-9-21-19-4-3-18(14-22-19)29(27,28)23-8-5-17-13-20(26)24(2)15-17/h3-4,14,16-17,23H,5-13,15H2,1-2H3,(H,21,22). The van der Waals surface area contributed by atoms with Crippen molar-refractivity contribution in [3.8, 4) is 0 Å². The van der Waals surface area contributed by atoms with Crippen molar-refractivity contribution < 1.29 is 13.2 Å². The Bertz CT molecular complexity index is 776. The number of pyridine rings is 1. The third-order valence-electron chi connectivity index (χ3n) is 5.92. The predicted molar refractivity (Wildman–Crippen MR) is 113 cm³/mol. The van der Waals surface area contributed by atoms with Gasteiger partial charge in [0.05, 0.1) is 0 Å². The highest BCUT2D eigenvalue weighted by Gasteiger charge is 2.26. The highest BCUT2D eigenvalue weighted by molar-refractivity contribution is 7.89. The van der Waals surface area contributed by atoms with Gasteiger partial charge in [-0.15, -0.1) is 0 Å². The zero-order valence-electron chi connectivity index (χ0n) is 17.4. The van der Waals surface area contributed by atoms with Crippen molar-refractivity contribution in [2.24, 2.45) is 11.8 Å². The number of piperidine rings is 1. The number of carbonyl (C=O) groups excluding carboxylic acids is 1. The number of likely N-dealkylation sites (tertiary alicyclic amines) is 2. The molecule has 3 rings (SSSR count). The molecule has 1 atom stereocenters. The van der Waals surface area contributed by atoms with E-state index in [-0.39, 0.29) is 16.7 Å². The predicted octanol–water partition coefficient (Wildman–Crippen LogP) is 1.37. The van der Waals surface area contributed by atoms with Crippen molar-refractivity contribution in [2.45, 2.75) is 37.5 Å². The minimum Gasteiger partial charge on any atom is -0.369 e. The van der Waals surface area contributed by atoms with Crippen molar-refractivity contribution in [3.05, 3.63) is 18.3 Å². The van der Waals surface area contributed by atoms with Gasteiger partial charge in [0, 0.05) is 45.8 Å². The van der Waals surface area contributed by atoms with Crippen LogP contribution in [0.1, 0.15) is 32.6 Å². The first-order valence-electron chi connectivity index (χ1n) is 10.5. The molecule has 2 N–H and O–H groups in total. The van der Waals surface area contributed by atoms with E-state index in [2.05, 4.69) is 26.8 Å². The smallest absolute Gasteiger partial charge is 0.242 e. The molecule has 2 aliphatic heterocycles. The summed E-state index contributed by atoms with van der Waals surface area (Å²) in [6.45, 7) is 7.36. The van der Waals surface area contributed by atoms with Gasteiger partial charge in [0.2, 0.25) is 15.9 Å².